The highest BCUT2D eigenvalue weighted by Gasteiger charge is 2.33. The number of benzene rings is 1. The molecule has 3 rings (SSSR count). The predicted molar refractivity (Wildman–Crippen MR) is 111 cm³/mol. The second-order valence-corrected chi connectivity index (χ2v) is 7.02. The largest absolute Gasteiger partial charge is 0.442 e. The molecular weight excluding hydrogens is 402 g/mol. The van der Waals surface area contributed by atoms with Crippen LogP contribution in [0.5, 0.6) is 0 Å². The Morgan fingerprint density at radius 2 is 1.90 bits per heavy atom. The van der Waals surface area contributed by atoms with E-state index in [1.165, 1.54) is 24.3 Å². The third kappa shape index (κ3) is 4.77. The number of carbonyl (C=O) groups excluding carboxylic acids is 1. The lowest BCUT2D eigenvalue weighted by atomic mass is 10.2. The van der Waals surface area contributed by atoms with E-state index in [1.54, 1.807) is 6.92 Å². The Bertz CT molecular complexity index is 1010. The van der Waals surface area contributed by atoms with E-state index in [2.05, 4.69) is 10.6 Å². The molecule has 2 aromatic rings. The summed E-state index contributed by atoms with van der Waals surface area (Å²) >= 11 is 4.91. The van der Waals surface area contributed by atoms with Crippen molar-refractivity contribution in [2.75, 3.05) is 29.0 Å². The van der Waals surface area contributed by atoms with E-state index in [4.69, 9.17) is 22.7 Å². The number of carbonyl (C=O) groups is 1. The number of nitrogens with one attached hydrogen (secondary N) is 2. The van der Waals surface area contributed by atoms with Crippen LogP contribution in [0.1, 0.15) is 6.92 Å². The van der Waals surface area contributed by atoms with Crippen LogP contribution < -0.4 is 26.7 Å². The highest BCUT2D eigenvalue weighted by Crippen LogP contribution is 2.30. The Morgan fingerprint density at radius 1 is 1.24 bits per heavy atom. The van der Waals surface area contributed by atoms with E-state index in [-0.39, 0.29) is 23.6 Å². The van der Waals surface area contributed by atoms with Crippen LogP contribution in [-0.4, -0.2) is 30.3 Å². The fourth-order valence-corrected chi connectivity index (χ4v) is 2.82. The molecule has 0 unspecified atom stereocenters. The maximum atomic E-state index is 14.6. The number of nitrogen functional groups attached to an aromatic ring is 1. The van der Waals surface area contributed by atoms with Crippen molar-refractivity contribution < 1.29 is 18.3 Å². The van der Waals surface area contributed by atoms with Gasteiger partial charge in [-0.15, -0.1) is 0 Å². The molecule has 0 radical (unpaired) electrons. The molecule has 4 N–H and O–H groups in total. The Kier molecular flexibility index (Phi) is 5.92. The maximum Gasteiger partial charge on any atom is 0.414 e. The molecule has 7 nitrogen and oxygen atoms in total. The first-order chi connectivity index (χ1) is 13.7. The highest BCUT2D eigenvalue weighted by atomic mass is 32.1. The minimum absolute atomic E-state index is 0.00904. The van der Waals surface area contributed by atoms with Crippen LogP contribution in [0.25, 0.3) is 0 Å². The average Bonchev–Trinajstić information content (AvgIpc) is 2.96. The van der Waals surface area contributed by atoms with Crippen molar-refractivity contribution in [2.45, 2.75) is 13.0 Å². The first kappa shape index (κ1) is 20.5. The number of nitrogens with two attached hydrogens (primary N) is 1. The zero-order valence-corrected chi connectivity index (χ0v) is 16.2. The summed E-state index contributed by atoms with van der Waals surface area (Å²) in [5.41, 5.74) is 5.00. The Balaban J connectivity index is 1.81. The third-order valence-electron chi connectivity index (χ3n) is 4.20. The molecule has 29 heavy (non-hydrogen) atoms. The summed E-state index contributed by atoms with van der Waals surface area (Å²) in [6, 6.07) is 7.38. The predicted octanol–water partition coefficient (Wildman–Crippen LogP) is 2.91. The lowest BCUT2D eigenvalue weighted by Crippen LogP contribution is -2.32. The van der Waals surface area contributed by atoms with Gasteiger partial charge in [0.05, 0.1) is 29.5 Å². The number of thiocarbonyl (C=S) groups is 1. The summed E-state index contributed by atoms with van der Waals surface area (Å²) in [5.74, 6) is -1.82. The first-order valence-corrected chi connectivity index (χ1v) is 9.04. The fourth-order valence-electron chi connectivity index (χ4n) is 2.74. The van der Waals surface area contributed by atoms with Crippen LogP contribution in [0.15, 0.2) is 41.2 Å². The molecule has 1 amide bonds. The summed E-state index contributed by atoms with van der Waals surface area (Å²) in [4.78, 5) is 25.3. The van der Waals surface area contributed by atoms with Crippen LogP contribution in [0.2, 0.25) is 0 Å². The molecule has 0 aliphatic carbocycles. The van der Waals surface area contributed by atoms with E-state index in [0.717, 1.165) is 17.0 Å². The van der Waals surface area contributed by atoms with Gasteiger partial charge in [-0.2, -0.15) is 0 Å². The molecule has 1 aliphatic rings. The van der Waals surface area contributed by atoms with Gasteiger partial charge in [-0.25, -0.2) is 13.6 Å². The van der Waals surface area contributed by atoms with Crippen molar-refractivity contribution in [1.82, 2.24) is 5.32 Å². The zero-order valence-electron chi connectivity index (χ0n) is 15.4. The number of cyclic esters (lactones) is 1. The Morgan fingerprint density at radius 3 is 2.55 bits per heavy atom. The van der Waals surface area contributed by atoms with Gasteiger partial charge in [-0.3, -0.25) is 9.69 Å². The van der Waals surface area contributed by atoms with Gasteiger partial charge < -0.3 is 21.1 Å². The number of amides is 1. The van der Waals surface area contributed by atoms with Gasteiger partial charge in [0, 0.05) is 17.8 Å². The number of nitrogens with zero attached hydrogens (tertiary/aromatic N) is 1. The van der Waals surface area contributed by atoms with Crippen LogP contribution in [0.3, 0.4) is 0 Å². The molecule has 0 bridgehead atoms. The molecule has 0 saturated carbocycles. The van der Waals surface area contributed by atoms with Gasteiger partial charge in [0.15, 0.2) is 11.6 Å². The van der Waals surface area contributed by atoms with Gasteiger partial charge in [0.25, 0.3) is 0 Å². The topological polar surface area (TPSA) is 96.7 Å². The fraction of sp³-hybridized carbons (Fsp3) is 0.211. The van der Waals surface area contributed by atoms with Crippen molar-refractivity contribution in [2.24, 2.45) is 0 Å². The maximum absolute atomic E-state index is 14.6. The summed E-state index contributed by atoms with van der Waals surface area (Å²) in [7, 11) is 0. The lowest BCUT2D eigenvalue weighted by molar-refractivity contribution is 0.143. The SMILES string of the molecule is CC(=S)NC[C@H]1CN(c2cc(F)c(Nc3ccc(N)c(=O)cc3)c(F)c2)C(=O)O1. The van der Waals surface area contributed by atoms with Crippen molar-refractivity contribution in [3.05, 3.63) is 58.3 Å². The van der Waals surface area contributed by atoms with Crippen LogP contribution in [0, 0.1) is 11.6 Å². The number of hydrogen-bond donors (Lipinski definition) is 3. The molecular formula is C19H18F2N4O3S. The molecule has 10 heteroatoms. The Hall–Kier alpha value is -3.27. The smallest absolute Gasteiger partial charge is 0.414 e. The second kappa shape index (κ2) is 8.39. The molecule has 152 valence electrons. The standard InChI is InChI=1S/C19H18F2N4O3S/c1-10(29)23-8-13-9-25(19(27)28-13)12-6-14(20)18(15(21)7-12)24-11-2-4-16(22)17(26)5-3-11/h2-7,13,24H,8-9H2,1H3,(H2,22,26)(H,23,29)/t13-/m0/s1. The van der Waals surface area contributed by atoms with E-state index in [1.807, 2.05) is 0 Å². The first-order valence-electron chi connectivity index (χ1n) is 8.63. The normalized spacial score (nSPS) is 15.8. The summed E-state index contributed by atoms with van der Waals surface area (Å²) in [6.07, 6.45) is -1.20. The molecule has 0 aromatic heterocycles. The molecule has 1 aliphatic heterocycles. The summed E-state index contributed by atoms with van der Waals surface area (Å²) < 4.78 is 34.3. The monoisotopic (exact) mass is 420 g/mol. The van der Waals surface area contributed by atoms with Crippen molar-refractivity contribution in [3.8, 4) is 0 Å². The van der Waals surface area contributed by atoms with Crippen LogP contribution in [-0.2, 0) is 4.74 Å². The van der Waals surface area contributed by atoms with E-state index >= 15 is 0 Å². The van der Waals surface area contributed by atoms with Crippen molar-refractivity contribution >= 4 is 46.0 Å². The molecule has 0 spiro atoms. The van der Waals surface area contributed by atoms with Crippen molar-refractivity contribution in [1.29, 1.82) is 0 Å². The van der Waals surface area contributed by atoms with Gasteiger partial charge >= 0.3 is 6.09 Å². The van der Waals surface area contributed by atoms with Gasteiger partial charge in [0.1, 0.15) is 11.8 Å². The average molecular weight is 420 g/mol. The van der Waals surface area contributed by atoms with Crippen LogP contribution >= 0.6 is 12.2 Å². The summed E-state index contributed by atoms with van der Waals surface area (Å²) in [5, 5.41) is 5.47. The Labute approximate surface area is 170 Å². The number of hydrogen-bond acceptors (Lipinski definition) is 6. The highest BCUT2D eigenvalue weighted by molar-refractivity contribution is 7.80. The quantitative estimate of drug-likeness (QED) is 0.640. The molecule has 1 fully saturated rings. The van der Waals surface area contributed by atoms with Crippen LogP contribution in [0.4, 0.5) is 36.3 Å². The number of halogens is 2. The van der Waals surface area contributed by atoms with E-state index in [9.17, 15) is 18.4 Å². The lowest BCUT2D eigenvalue weighted by Gasteiger charge is -2.16. The molecule has 1 heterocycles. The van der Waals surface area contributed by atoms with Gasteiger partial charge in [-0.1, -0.05) is 12.2 Å². The van der Waals surface area contributed by atoms with E-state index in [0.29, 0.717) is 11.5 Å². The molecule has 1 atom stereocenters. The zero-order chi connectivity index (χ0) is 21.1. The van der Waals surface area contributed by atoms with E-state index < -0.39 is 34.9 Å². The van der Waals surface area contributed by atoms with Crippen molar-refractivity contribution in [3.63, 3.8) is 0 Å². The minimum Gasteiger partial charge on any atom is -0.442 e. The van der Waals surface area contributed by atoms with Gasteiger partial charge in [0.2, 0.25) is 5.43 Å². The molecule has 2 aromatic carbocycles. The van der Waals surface area contributed by atoms with Gasteiger partial charge in [-0.05, 0) is 31.2 Å². The second-order valence-electron chi connectivity index (χ2n) is 6.40. The third-order valence-corrected chi connectivity index (χ3v) is 4.35. The minimum atomic E-state index is -0.911. The number of rotatable bonds is 5. The summed E-state index contributed by atoms with van der Waals surface area (Å²) in [6.45, 7) is 2.12. The molecule has 1 saturated heterocycles. The number of anilines is 4. The number of ether oxygens (including phenoxy) is 1.